The molecule has 0 fully saturated rings. The fourth-order valence-corrected chi connectivity index (χ4v) is 1.93. The summed E-state index contributed by atoms with van der Waals surface area (Å²) in [4.78, 5) is 3.90. The Morgan fingerprint density at radius 1 is 1.50 bits per heavy atom. The van der Waals surface area contributed by atoms with Crippen LogP contribution in [0.1, 0.15) is 11.3 Å². The number of hydrogen-bond acceptors (Lipinski definition) is 1. The first-order valence-electron chi connectivity index (χ1n) is 2.48. The SMILES string of the molecule is [CH]c1nc(Br)cc(I)c1[CH]. The van der Waals surface area contributed by atoms with Gasteiger partial charge >= 0.3 is 0 Å². The van der Waals surface area contributed by atoms with Crippen LogP contribution in [-0.4, -0.2) is 4.98 Å². The summed E-state index contributed by atoms with van der Waals surface area (Å²) in [6.45, 7) is 11.0. The van der Waals surface area contributed by atoms with Crippen molar-refractivity contribution in [1.82, 2.24) is 4.98 Å². The van der Waals surface area contributed by atoms with Crippen molar-refractivity contribution in [2.24, 2.45) is 0 Å². The summed E-state index contributed by atoms with van der Waals surface area (Å²) in [7, 11) is 0. The highest BCUT2D eigenvalue weighted by molar-refractivity contribution is 14.1. The van der Waals surface area contributed by atoms with Gasteiger partial charge in [-0.25, -0.2) is 4.98 Å². The lowest BCUT2D eigenvalue weighted by Crippen LogP contribution is -1.90. The van der Waals surface area contributed by atoms with E-state index in [1.165, 1.54) is 0 Å². The Bertz CT molecular complexity index is 237. The number of nitrogens with zero attached hydrogens (tertiary/aromatic N) is 1. The third kappa shape index (κ3) is 1.69. The highest BCUT2D eigenvalue weighted by Crippen LogP contribution is 2.17. The molecule has 4 radical (unpaired) electrons. The lowest BCUT2D eigenvalue weighted by atomic mass is 10.2. The van der Waals surface area contributed by atoms with E-state index in [0.29, 0.717) is 15.9 Å². The largest absolute Gasteiger partial charge is 0.245 e. The van der Waals surface area contributed by atoms with Crippen LogP contribution in [0.4, 0.5) is 0 Å². The quantitative estimate of drug-likeness (QED) is 0.530. The zero-order chi connectivity index (χ0) is 7.72. The van der Waals surface area contributed by atoms with Crippen LogP contribution in [0.5, 0.6) is 0 Å². The van der Waals surface area contributed by atoms with Crippen LogP contribution in [0.2, 0.25) is 0 Å². The molecule has 0 N–H and O–H groups in total. The highest BCUT2D eigenvalue weighted by Gasteiger charge is 2.00. The van der Waals surface area contributed by atoms with Gasteiger partial charge in [0, 0.05) is 17.4 Å². The van der Waals surface area contributed by atoms with Crippen molar-refractivity contribution in [3.05, 3.63) is 39.3 Å². The second-order valence-corrected chi connectivity index (χ2v) is 3.70. The van der Waals surface area contributed by atoms with E-state index >= 15 is 0 Å². The lowest BCUT2D eigenvalue weighted by molar-refractivity contribution is 1.19. The van der Waals surface area contributed by atoms with Gasteiger partial charge in [0.25, 0.3) is 0 Å². The van der Waals surface area contributed by atoms with Gasteiger partial charge in [0.2, 0.25) is 0 Å². The van der Waals surface area contributed by atoms with Crippen LogP contribution in [0.25, 0.3) is 0 Å². The molecule has 1 aromatic heterocycles. The molecule has 0 aliphatic heterocycles. The third-order valence-electron chi connectivity index (χ3n) is 1.01. The zero-order valence-electron chi connectivity index (χ0n) is 4.94. The monoisotopic (exact) mass is 307 g/mol. The number of halogens is 2. The van der Waals surface area contributed by atoms with Gasteiger partial charge in [-0.1, -0.05) is 0 Å². The van der Waals surface area contributed by atoms with E-state index in [2.05, 4.69) is 43.5 Å². The van der Waals surface area contributed by atoms with E-state index < -0.39 is 0 Å². The van der Waals surface area contributed by atoms with Crippen LogP contribution in [0.15, 0.2) is 10.7 Å². The minimum Gasteiger partial charge on any atom is -0.245 e. The Balaban J connectivity index is 3.31. The first-order valence-corrected chi connectivity index (χ1v) is 4.35. The molecule has 0 amide bonds. The van der Waals surface area contributed by atoms with Gasteiger partial charge in [0.15, 0.2) is 0 Å². The molecule has 1 nitrogen and oxygen atoms in total. The summed E-state index contributed by atoms with van der Waals surface area (Å²) >= 11 is 5.30. The molecule has 1 heterocycles. The number of aromatic nitrogens is 1. The lowest BCUT2D eigenvalue weighted by Gasteiger charge is -2.00. The van der Waals surface area contributed by atoms with Crippen molar-refractivity contribution in [1.29, 1.82) is 0 Å². The molecule has 1 aromatic rings. The Kier molecular flexibility index (Phi) is 2.68. The first-order chi connectivity index (χ1) is 4.61. The predicted molar refractivity (Wildman–Crippen MR) is 51.5 cm³/mol. The average Bonchev–Trinajstić information content (AvgIpc) is 1.82. The molecule has 1 rings (SSSR count). The smallest absolute Gasteiger partial charge is 0.107 e. The summed E-state index contributed by atoms with van der Waals surface area (Å²) < 4.78 is 1.63. The summed E-state index contributed by atoms with van der Waals surface area (Å²) in [6.07, 6.45) is 0. The van der Waals surface area contributed by atoms with Crippen LogP contribution in [-0.2, 0) is 0 Å². The minimum atomic E-state index is 0.374. The van der Waals surface area contributed by atoms with Crippen molar-refractivity contribution >= 4 is 38.5 Å². The molecule has 0 saturated heterocycles. The third-order valence-corrected chi connectivity index (χ3v) is 2.31. The molecule has 0 aliphatic carbocycles. The molecule has 0 bridgehead atoms. The van der Waals surface area contributed by atoms with E-state index in [1.807, 2.05) is 6.07 Å². The minimum absolute atomic E-state index is 0.374. The normalized spacial score (nSPS) is 10.0. The van der Waals surface area contributed by atoms with Crippen LogP contribution < -0.4 is 0 Å². The molecule has 0 spiro atoms. The molecular weight excluding hydrogens is 305 g/mol. The molecule has 50 valence electrons. The van der Waals surface area contributed by atoms with Gasteiger partial charge in [-0.05, 0) is 50.2 Å². The van der Waals surface area contributed by atoms with Gasteiger partial charge < -0.3 is 0 Å². The van der Waals surface area contributed by atoms with Crippen molar-refractivity contribution in [3.8, 4) is 0 Å². The number of pyridine rings is 1. The standard InChI is InChI=1S/C7H3BrIN/c1-4-5(2)10-7(8)3-6(4)9/h1-3H. The molecule has 0 aliphatic rings. The van der Waals surface area contributed by atoms with Gasteiger partial charge in [0.1, 0.15) is 4.60 Å². The number of hydrogen-bond donors (Lipinski definition) is 0. The van der Waals surface area contributed by atoms with Crippen molar-refractivity contribution in [3.63, 3.8) is 0 Å². The van der Waals surface area contributed by atoms with Gasteiger partial charge in [0.05, 0.1) is 5.69 Å². The Morgan fingerprint density at radius 3 is 2.60 bits per heavy atom. The van der Waals surface area contributed by atoms with Gasteiger partial charge in [-0.15, -0.1) is 0 Å². The maximum Gasteiger partial charge on any atom is 0.107 e. The molecule has 0 unspecified atom stereocenters. The fraction of sp³-hybridized carbons (Fsp3) is 0. The molecule has 0 saturated carbocycles. The molecule has 0 atom stereocenters. The average molecular weight is 308 g/mol. The topological polar surface area (TPSA) is 12.9 Å². The Labute approximate surface area is 82.5 Å². The molecule has 10 heavy (non-hydrogen) atoms. The summed E-state index contributed by atoms with van der Waals surface area (Å²) in [5.74, 6) is 0. The maximum absolute atomic E-state index is 5.53. The molecule has 0 aromatic carbocycles. The van der Waals surface area contributed by atoms with Gasteiger partial charge in [-0.2, -0.15) is 0 Å². The van der Waals surface area contributed by atoms with E-state index in [1.54, 1.807) is 0 Å². The zero-order valence-corrected chi connectivity index (χ0v) is 8.68. The first kappa shape index (κ1) is 8.46. The molecular formula is C7H3BrIN. The van der Waals surface area contributed by atoms with Crippen molar-refractivity contribution in [2.45, 2.75) is 0 Å². The summed E-state index contributed by atoms with van der Waals surface area (Å²) in [5.41, 5.74) is 0.919. The molecule has 3 heteroatoms. The van der Waals surface area contributed by atoms with Gasteiger partial charge in [-0.3, -0.25) is 0 Å². The van der Waals surface area contributed by atoms with Crippen LogP contribution in [0, 0.1) is 17.4 Å². The van der Waals surface area contributed by atoms with E-state index in [4.69, 9.17) is 13.8 Å². The van der Waals surface area contributed by atoms with E-state index in [9.17, 15) is 0 Å². The maximum atomic E-state index is 5.53. The summed E-state index contributed by atoms with van der Waals surface area (Å²) in [6, 6.07) is 1.81. The fourth-order valence-electron chi connectivity index (χ4n) is 0.512. The highest BCUT2D eigenvalue weighted by atomic mass is 127. The Hall–Kier alpha value is 0.360. The van der Waals surface area contributed by atoms with E-state index in [-0.39, 0.29) is 0 Å². The summed E-state index contributed by atoms with van der Waals surface area (Å²) in [5, 5.41) is 0. The number of rotatable bonds is 0. The second kappa shape index (κ2) is 3.17. The van der Waals surface area contributed by atoms with Crippen molar-refractivity contribution in [2.75, 3.05) is 0 Å². The van der Waals surface area contributed by atoms with Crippen molar-refractivity contribution < 1.29 is 0 Å². The predicted octanol–water partition coefficient (Wildman–Crippen LogP) is 2.57. The van der Waals surface area contributed by atoms with E-state index in [0.717, 1.165) is 3.57 Å². The Morgan fingerprint density at radius 2 is 2.10 bits per heavy atom. The second-order valence-electron chi connectivity index (χ2n) is 1.73. The van der Waals surface area contributed by atoms with Crippen LogP contribution in [0.3, 0.4) is 0 Å². The van der Waals surface area contributed by atoms with Crippen LogP contribution >= 0.6 is 38.5 Å².